The average molecular weight is 219 g/mol. The number of rotatable bonds is 4. The van der Waals surface area contributed by atoms with E-state index in [1.807, 2.05) is 0 Å². The Bertz CT molecular complexity index is 531. The molecule has 5 nitrogen and oxygen atoms in total. The number of aromatic nitrogens is 2. The SMILES string of the molecule is N#Cc1cn(CCCC2CC2)c(=O)[nH]c1=O. The first-order valence-electron chi connectivity index (χ1n) is 5.44. The van der Waals surface area contributed by atoms with E-state index in [4.69, 9.17) is 5.26 Å². The maximum Gasteiger partial charge on any atom is 0.328 e. The van der Waals surface area contributed by atoms with Gasteiger partial charge in [0.05, 0.1) is 0 Å². The molecule has 0 aliphatic heterocycles. The van der Waals surface area contributed by atoms with Crippen LogP contribution in [-0.2, 0) is 6.54 Å². The van der Waals surface area contributed by atoms with E-state index >= 15 is 0 Å². The fraction of sp³-hybridized carbons (Fsp3) is 0.545. The maximum absolute atomic E-state index is 11.4. The molecule has 1 aliphatic carbocycles. The monoisotopic (exact) mass is 219 g/mol. The number of hydrogen-bond acceptors (Lipinski definition) is 3. The molecule has 0 saturated heterocycles. The Kier molecular flexibility index (Phi) is 2.91. The number of aryl methyl sites for hydroxylation is 1. The van der Waals surface area contributed by atoms with Crippen LogP contribution in [0.5, 0.6) is 0 Å². The van der Waals surface area contributed by atoms with E-state index in [0.717, 1.165) is 18.8 Å². The lowest BCUT2D eigenvalue weighted by Crippen LogP contribution is -2.31. The van der Waals surface area contributed by atoms with E-state index in [2.05, 4.69) is 4.98 Å². The van der Waals surface area contributed by atoms with Gasteiger partial charge in [0.1, 0.15) is 11.6 Å². The van der Waals surface area contributed by atoms with E-state index in [-0.39, 0.29) is 5.56 Å². The largest absolute Gasteiger partial charge is 0.328 e. The van der Waals surface area contributed by atoms with E-state index in [1.165, 1.54) is 23.6 Å². The molecule has 5 heteroatoms. The molecule has 16 heavy (non-hydrogen) atoms. The summed E-state index contributed by atoms with van der Waals surface area (Å²) >= 11 is 0. The van der Waals surface area contributed by atoms with E-state index in [0.29, 0.717) is 6.54 Å². The van der Waals surface area contributed by atoms with E-state index < -0.39 is 11.2 Å². The van der Waals surface area contributed by atoms with Gasteiger partial charge in [-0.1, -0.05) is 12.8 Å². The second kappa shape index (κ2) is 4.35. The van der Waals surface area contributed by atoms with Gasteiger partial charge in [-0.15, -0.1) is 0 Å². The minimum absolute atomic E-state index is 0.00831. The lowest BCUT2D eigenvalue weighted by molar-refractivity contribution is 0.554. The molecule has 1 aliphatic rings. The highest BCUT2D eigenvalue weighted by atomic mass is 16.2. The Balaban J connectivity index is 2.10. The fourth-order valence-electron chi connectivity index (χ4n) is 1.71. The molecule has 1 N–H and O–H groups in total. The summed E-state index contributed by atoms with van der Waals surface area (Å²) < 4.78 is 1.41. The van der Waals surface area contributed by atoms with Crippen molar-refractivity contribution >= 4 is 0 Å². The summed E-state index contributed by atoms with van der Waals surface area (Å²) in [5.41, 5.74) is -1.04. The number of hydrogen-bond donors (Lipinski definition) is 1. The zero-order valence-electron chi connectivity index (χ0n) is 8.90. The highest BCUT2D eigenvalue weighted by molar-refractivity contribution is 5.21. The second-order valence-electron chi connectivity index (χ2n) is 4.19. The van der Waals surface area contributed by atoms with Gasteiger partial charge in [0.2, 0.25) is 0 Å². The van der Waals surface area contributed by atoms with Gasteiger partial charge in [-0.25, -0.2) is 4.79 Å². The van der Waals surface area contributed by atoms with Crippen molar-refractivity contribution in [3.8, 4) is 6.07 Å². The van der Waals surface area contributed by atoms with Crippen LogP contribution in [0.4, 0.5) is 0 Å². The molecule has 0 bridgehead atoms. The van der Waals surface area contributed by atoms with Crippen molar-refractivity contribution < 1.29 is 0 Å². The standard InChI is InChI=1S/C11H13N3O2/c12-6-9-7-14(11(16)13-10(9)15)5-1-2-8-3-4-8/h7-8H,1-5H2,(H,13,15,16). The lowest BCUT2D eigenvalue weighted by Gasteiger charge is -2.04. The summed E-state index contributed by atoms with van der Waals surface area (Å²) in [6.07, 6.45) is 5.97. The Labute approximate surface area is 92.3 Å². The van der Waals surface area contributed by atoms with Crippen LogP contribution in [0.1, 0.15) is 31.2 Å². The Morgan fingerprint density at radius 1 is 1.50 bits per heavy atom. The summed E-state index contributed by atoms with van der Waals surface area (Å²) in [5.74, 6) is 0.828. The van der Waals surface area contributed by atoms with Crippen molar-refractivity contribution in [2.75, 3.05) is 0 Å². The molecule has 1 heterocycles. The van der Waals surface area contributed by atoms with Gasteiger partial charge in [-0.2, -0.15) is 5.26 Å². The second-order valence-corrected chi connectivity index (χ2v) is 4.19. The van der Waals surface area contributed by atoms with Gasteiger partial charge in [0.15, 0.2) is 0 Å². The highest BCUT2D eigenvalue weighted by Crippen LogP contribution is 2.33. The number of H-pyrrole nitrogens is 1. The van der Waals surface area contributed by atoms with E-state index in [1.54, 1.807) is 6.07 Å². The molecule has 84 valence electrons. The molecule has 0 atom stereocenters. The topological polar surface area (TPSA) is 78.7 Å². The summed E-state index contributed by atoms with van der Waals surface area (Å²) in [5, 5.41) is 8.67. The predicted molar refractivity (Wildman–Crippen MR) is 58.0 cm³/mol. The van der Waals surface area contributed by atoms with Gasteiger partial charge in [0, 0.05) is 12.7 Å². The summed E-state index contributed by atoms with van der Waals surface area (Å²) in [7, 11) is 0. The van der Waals surface area contributed by atoms with Gasteiger partial charge in [-0.05, 0) is 18.8 Å². The van der Waals surface area contributed by atoms with Crippen molar-refractivity contribution in [3.05, 3.63) is 32.6 Å². The summed E-state index contributed by atoms with van der Waals surface area (Å²) in [6.45, 7) is 0.570. The van der Waals surface area contributed by atoms with Crippen LogP contribution in [0.25, 0.3) is 0 Å². The van der Waals surface area contributed by atoms with Crippen molar-refractivity contribution in [3.63, 3.8) is 0 Å². The maximum atomic E-state index is 11.4. The van der Waals surface area contributed by atoms with Gasteiger partial charge < -0.3 is 0 Å². The van der Waals surface area contributed by atoms with Gasteiger partial charge in [-0.3, -0.25) is 14.3 Å². The van der Waals surface area contributed by atoms with Crippen LogP contribution in [-0.4, -0.2) is 9.55 Å². The molecule has 0 radical (unpaired) electrons. The van der Waals surface area contributed by atoms with Crippen molar-refractivity contribution in [1.29, 1.82) is 5.26 Å². The molecular weight excluding hydrogens is 206 g/mol. The van der Waals surface area contributed by atoms with Crippen molar-refractivity contribution in [1.82, 2.24) is 9.55 Å². The Hall–Kier alpha value is -1.83. The van der Waals surface area contributed by atoms with Crippen LogP contribution < -0.4 is 11.2 Å². The van der Waals surface area contributed by atoms with Crippen molar-refractivity contribution in [2.45, 2.75) is 32.2 Å². The molecule has 1 aromatic heterocycles. The highest BCUT2D eigenvalue weighted by Gasteiger charge is 2.20. The molecule has 1 fully saturated rings. The van der Waals surface area contributed by atoms with Crippen LogP contribution in [0.15, 0.2) is 15.8 Å². The molecule has 1 saturated carbocycles. The fourth-order valence-corrected chi connectivity index (χ4v) is 1.71. The quantitative estimate of drug-likeness (QED) is 0.805. The number of nitrogens with zero attached hydrogens (tertiary/aromatic N) is 2. The molecule has 0 spiro atoms. The minimum Gasteiger partial charge on any atom is -0.299 e. The molecular formula is C11H13N3O2. The minimum atomic E-state index is -0.606. The molecule has 0 aromatic carbocycles. The predicted octanol–water partition coefficient (Wildman–Crippen LogP) is 0.598. The third-order valence-electron chi connectivity index (χ3n) is 2.84. The van der Waals surface area contributed by atoms with Crippen LogP contribution in [0.3, 0.4) is 0 Å². The zero-order valence-corrected chi connectivity index (χ0v) is 8.90. The van der Waals surface area contributed by atoms with E-state index in [9.17, 15) is 9.59 Å². The Morgan fingerprint density at radius 2 is 2.25 bits per heavy atom. The van der Waals surface area contributed by atoms with Crippen LogP contribution >= 0.6 is 0 Å². The smallest absolute Gasteiger partial charge is 0.299 e. The van der Waals surface area contributed by atoms with Gasteiger partial charge >= 0.3 is 5.69 Å². The zero-order chi connectivity index (χ0) is 11.5. The first kappa shape index (κ1) is 10.7. The molecule has 0 amide bonds. The summed E-state index contributed by atoms with van der Waals surface area (Å²) in [6, 6.07) is 1.77. The first-order chi connectivity index (χ1) is 7.70. The Morgan fingerprint density at radius 3 is 2.88 bits per heavy atom. The third-order valence-corrected chi connectivity index (χ3v) is 2.84. The third kappa shape index (κ3) is 2.40. The van der Waals surface area contributed by atoms with Crippen LogP contribution in [0, 0.1) is 17.2 Å². The molecule has 2 rings (SSSR count). The van der Waals surface area contributed by atoms with Crippen molar-refractivity contribution in [2.24, 2.45) is 5.92 Å². The normalized spacial score (nSPS) is 14.7. The number of nitriles is 1. The first-order valence-corrected chi connectivity index (χ1v) is 5.44. The van der Waals surface area contributed by atoms with Gasteiger partial charge in [0.25, 0.3) is 5.56 Å². The lowest BCUT2D eigenvalue weighted by atomic mass is 10.2. The number of aromatic amines is 1. The molecule has 0 unspecified atom stereocenters. The average Bonchev–Trinajstić information content (AvgIpc) is 3.05. The summed E-state index contributed by atoms with van der Waals surface area (Å²) in [4.78, 5) is 24.7. The number of nitrogens with one attached hydrogen (secondary N) is 1. The molecule has 1 aromatic rings. The van der Waals surface area contributed by atoms with Crippen LogP contribution in [0.2, 0.25) is 0 Å².